The minimum absolute atomic E-state index is 0.0333. The summed E-state index contributed by atoms with van der Waals surface area (Å²) >= 11 is 0. The third kappa shape index (κ3) is 6.48. The lowest BCUT2D eigenvalue weighted by Crippen LogP contribution is -2.22. The van der Waals surface area contributed by atoms with E-state index in [1.54, 1.807) is 6.20 Å². The Morgan fingerprint density at radius 3 is 2.10 bits per heavy atom. The Morgan fingerprint density at radius 2 is 1.60 bits per heavy atom. The van der Waals surface area contributed by atoms with Gasteiger partial charge < -0.3 is 9.47 Å². The van der Waals surface area contributed by atoms with E-state index in [2.05, 4.69) is 19.3 Å². The molecule has 0 bridgehead atoms. The number of benzene rings is 1. The number of ether oxygens (including phenoxy) is 2. The van der Waals surface area contributed by atoms with Crippen LogP contribution in [0, 0.1) is 0 Å². The number of allylic oxidation sites excluding steroid dienone is 1. The number of rotatable bonds is 9. The van der Waals surface area contributed by atoms with Gasteiger partial charge in [0, 0.05) is 6.20 Å². The first-order chi connectivity index (χ1) is 9.65. The molecule has 0 aliphatic heterocycles. The molecule has 0 aromatic heterocycles. The minimum atomic E-state index is -0.0333. The maximum Gasteiger partial charge on any atom is 0.122 e. The van der Waals surface area contributed by atoms with Gasteiger partial charge in [0.05, 0.1) is 6.10 Å². The zero-order valence-electron chi connectivity index (χ0n) is 12.8. The van der Waals surface area contributed by atoms with Crippen LogP contribution in [-0.4, -0.2) is 18.8 Å². The molecule has 20 heavy (non-hydrogen) atoms. The molecular weight excluding hydrogens is 254 g/mol. The highest BCUT2D eigenvalue weighted by Gasteiger charge is 2.05. The molecule has 4 heteroatoms. The van der Waals surface area contributed by atoms with Gasteiger partial charge in [-0.1, -0.05) is 13.0 Å². The Bertz CT molecular complexity index is 389. The van der Waals surface area contributed by atoms with Gasteiger partial charge in [0.2, 0.25) is 0 Å². The van der Waals surface area contributed by atoms with Crippen molar-refractivity contribution in [2.75, 3.05) is 6.61 Å². The molecule has 0 spiro atoms. The molecular formula is C16H25NO3. The second-order valence-electron chi connectivity index (χ2n) is 4.67. The van der Waals surface area contributed by atoms with E-state index in [0.717, 1.165) is 17.9 Å². The standard InChI is InChI=1S/C16H25NO3/c1-5-11-17-18-12-14(4)20-16-9-7-15(8-10-16)19-13(3)6-2/h5,7-11,13-14,17H,6,12H2,1-4H3. The van der Waals surface area contributed by atoms with Gasteiger partial charge in [0.15, 0.2) is 0 Å². The van der Waals surface area contributed by atoms with E-state index in [1.807, 2.05) is 44.2 Å². The molecule has 1 rings (SSSR count). The smallest absolute Gasteiger partial charge is 0.122 e. The molecule has 0 radical (unpaired) electrons. The Kier molecular flexibility index (Phi) is 7.58. The van der Waals surface area contributed by atoms with E-state index in [-0.39, 0.29) is 12.2 Å². The van der Waals surface area contributed by atoms with Crippen molar-refractivity contribution < 1.29 is 14.3 Å². The van der Waals surface area contributed by atoms with Gasteiger partial charge in [0.25, 0.3) is 0 Å². The third-order valence-electron chi connectivity index (χ3n) is 2.71. The normalized spacial score (nSPS) is 14.0. The van der Waals surface area contributed by atoms with Gasteiger partial charge in [-0.2, -0.15) is 0 Å². The Labute approximate surface area is 121 Å². The van der Waals surface area contributed by atoms with E-state index in [1.165, 1.54) is 0 Å². The molecule has 1 N–H and O–H groups in total. The summed E-state index contributed by atoms with van der Waals surface area (Å²) in [6, 6.07) is 7.67. The fourth-order valence-electron chi connectivity index (χ4n) is 1.46. The summed E-state index contributed by atoms with van der Waals surface area (Å²) < 4.78 is 11.5. The van der Waals surface area contributed by atoms with Crippen molar-refractivity contribution in [3.05, 3.63) is 36.5 Å². The Hall–Kier alpha value is -1.68. The maximum absolute atomic E-state index is 5.74. The van der Waals surface area contributed by atoms with Crippen LogP contribution < -0.4 is 15.0 Å². The molecule has 0 amide bonds. The summed E-state index contributed by atoms with van der Waals surface area (Å²) in [5, 5.41) is 0. The van der Waals surface area contributed by atoms with Crippen LogP contribution in [0.15, 0.2) is 36.5 Å². The lowest BCUT2D eigenvalue weighted by Gasteiger charge is -2.16. The van der Waals surface area contributed by atoms with Crippen LogP contribution in [0.2, 0.25) is 0 Å². The van der Waals surface area contributed by atoms with Crippen molar-refractivity contribution in [3.63, 3.8) is 0 Å². The van der Waals surface area contributed by atoms with Crippen LogP contribution in [0.5, 0.6) is 11.5 Å². The largest absolute Gasteiger partial charge is 0.491 e. The first kappa shape index (κ1) is 16.4. The van der Waals surface area contributed by atoms with Crippen molar-refractivity contribution in [1.29, 1.82) is 0 Å². The summed E-state index contributed by atoms with van der Waals surface area (Å²) in [4.78, 5) is 5.21. The topological polar surface area (TPSA) is 39.7 Å². The van der Waals surface area contributed by atoms with Crippen molar-refractivity contribution in [3.8, 4) is 11.5 Å². The predicted octanol–water partition coefficient (Wildman–Crippen LogP) is 3.69. The molecule has 0 saturated carbocycles. The molecule has 4 nitrogen and oxygen atoms in total. The highest BCUT2D eigenvalue weighted by atomic mass is 16.7. The maximum atomic E-state index is 5.74. The molecule has 2 atom stereocenters. The van der Waals surface area contributed by atoms with Crippen LogP contribution >= 0.6 is 0 Å². The summed E-state index contributed by atoms with van der Waals surface area (Å²) in [5.74, 6) is 1.67. The van der Waals surface area contributed by atoms with Crippen LogP contribution in [-0.2, 0) is 4.84 Å². The van der Waals surface area contributed by atoms with E-state index in [4.69, 9.17) is 14.3 Å². The SMILES string of the molecule is CC=CNOCC(C)Oc1ccc(OC(C)CC)cc1. The summed E-state index contributed by atoms with van der Waals surface area (Å²) in [5.41, 5.74) is 2.71. The third-order valence-corrected chi connectivity index (χ3v) is 2.71. The lowest BCUT2D eigenvalue weighted by atomic mass is 10.3. The number of hydrogen-bond acceptors (Lipinski definition) is 4. The lowest BCUT2D eigenvalue weighted by molar-refractivity contribution is 0.0160. The molecule has 1 aromatic carbocycles. The van der Waals surface area contributed by atoms with Gasteiger partial charge in [-0.3, -0.25) is 10.3 Å². The van der Waals surface area contributed by atoms with Crippen LogP contribution in [0.25, 0.3) is 0 Å². The number of nitrogens with one attached hydrogen (secondary N) is 1. The molecule has 0 fully saturated rings. The zero-order chi connectivity index (χ0) is 14.8. The quantitative estimate of drug-likeness (QED) is 0.553. The molecule has 0 aliphatic carbocycles. The van der Waals surface area contributed by atoms with Crippen molar-refractivity contribution in [1.82, 2.24) is 5.48 Å². The zero-order valence-corrected chi connectivity index (χ0v) is 12.8. The molecule has 112 valence electrons. The molecule has 2 unspecified atom stereocenters. The van der Waals surface area contributed by atoms with E-state index in [9.17, 15) is 0 Å². The highest BCUT2D eigenvalue weighted by molar-refractivity contribution is 5.31. The van der Waals surface area contributed by atoms with E-state index >= 15 is 0 Å². The first-order valence-corrected chi connectivity index (χ1v) is 7.07. The number of hydroxylamine groups is 1. The monoisotopic (exact) mass is 279 g/mol. The average Bonchev–Trinajstić information content (AvgIpc) is 2.45. The average molecular weight is 279 g/mol. The molecule has 0 heterocycles. The van der Waals surface area contributed by atoms with E-state index in [0.29, 0.717) is 6.61 Å². The van der Waals surface area contributed by atoms with Crippen molar-refractivity contribution in [2.24, 2.45) is 0 Å². The molecule has 0 aliphatic rings. The molecule has 0 saturated heterocycles. The van der Waals surface area contributed by atoms with Crippen LogP contribution in [0.1, 0.15) is 34.1 Å². The second-order valence-corrected chi connectivity index (χ2v) is 4.67. The summed E-state index contributed by atoms with van der Waals surface area (Å²) in [6.45, 7) is 8.50. The highest BCUT2D eigenvalue weighted by Crippen LogP contribution is 2.20. The van der Waals surface area contributed by atoms with Gasteiger partial charge in [-0.05, 0) is 51.5 Å². The second kappa shape index (κ2) is 9.26. The summed E-state index contributed by atoms with van der Waals surface area (Å²) in [6.07, 6.45) is 4.78. The first-order valence-electron chi connectivity index (χ1n) is 7.07. The minimum Gasteiger partial charge on any atom is -0.491 e. The predicted molar refractivity (Wildman–Crippen MR) is 80.8 cm³/mol. The fourth-order valence-corrected chi connectivity index (χ4v) is 1.46. The Balaban J connectivity index is 2.36. The van der Waals surface area contributed by atoms with Crippen LogP contribution in [0.3, 0.4) is 0 Å². The van der Waals surface area contributed by atoms with Gasteiger partial charge >= 0.3 is 0 Å². The number of hydrogen-bond donors (Lipinski definition) is 1. The Morgan fingerprint density at radius 1 is 1.05 bits per heavy atom. The molecule has 1 aromatic rings. The van der Waals surface area contributed by atoms with Crippen molar-refractivity contribution >= 4 is 0 Å². The fraction of sp³-hybridized carbons (Fsp3) is 0.500. The van der Waals surface area contributed by atoms with Gasteiger partial charge in [-0.15, -0.1) is 0 Å². The summed E-state index contributed by atoms with van der Waals surface area (Å²) in [7, 11) is 0. The van der Waals surface area contributed by atoms with Crippen LogP contribution in [0.4, 0.5) is 0 Å². The van der Waals surface area contributed by atoms with Gasteiger partial charge in [0.1, 0.15) is 24.2 Å². The van der Waals surface area contributed by atoms with E-state index < -0.39 is 0 Å². The van der Waals surface area contributed by atoms with Gasteiger partial charge in [-0.25, -0.2) is 0 Å². The van der Waals surface area contributed by atoms with Crippen molar-refractivity contribution in [2.45, 2.75) is 46.3 Å².